The maximum Gasteiger partial charge on any atom is 0.342 e. The third kappa shape index (κ3) is 4.79. The maximum absolute atomic E-state index is 12.3. The number of hydrogen-bond donors (Lipinski definition) is 4. The van der Waals surface area contributed by atoms with Crippen LogP contribution in [0.1, 0.15) is 29.3 Å². The van der Waals surface area contributed by atoms with Crippen LogP contribution in [-0.2, 0) is 20.9 Å². The van der Waals surface area contributed by atoms with Crippen molar-refractivity contribution in [3.8, 4) is 11.5 Å². The predicted octanol–water partition coefficient (Wildman–Crippen LogP) is 0.410. The van der Waals surface area contributed by atoms with Crippen molar-refractivity contribution < 1.29 is 39.5 Å². The van der Waals surface area contributed by atoms with Crippen LogP contribution in [0, 0.1) is 0 Å². The fourth-order valence-corrected chi connectivity index (χ4v) is 2.35. The van der Waals surface area contributed by atoms with Crippen molar-refractivity contribution in [2.75, 3.05) is 6.61 Å². The Kier molecular flexibility index (Phi) is 6.13. The van der Waals surface area contributed by atoms with E-state index in [0.717, 1.165) is 12.1 Å². The van der Waals surface area contributed by atoms with Crippen LogP contribution >= 0.6 is 0 Å². The number of benzene rings is 1. The lowest BCUT2D eigenvalue weighted by atomic mass is 10.1. The first-order valence-corrected chi connectivity index (χ1v) is 7.69. The summed E-state index contributed by atoms with van der Waals surface area (Å²) in [7, 11) is 0. The molecule has 0 aromatic heterocycles. The molecule has 0 unspecified atom stereocenters. The molecule has 25 heavy (non-hydrogen) atoms. The lowest BCUT2D eigenvalue weighted by Crippen LogP contribution is -2.36. The van der Waals surface area contributed by atoms with E-state index in [2.05, 4.69) is 0 Å². The van der Waals surface area contributed by atoms with Gasteiger partial charge in [0.25, 0.3) is 0 Å². The largest absolute Gasteiger partial charge is 0.508 e. The quantitative estimate of drug-likeness (QED) is 0.493. The van der Waals surface area contributed by atoms with Crippen LogP contribution in [0.3, 0.4) is 0 Å². The van der Waals surface area contributed by atoms with Gasteiger partial charge < -0.3 is 29.9 Å². The zero-order chi connectivity index (χ0) is 18.6. The van der Waals surface area contributed by atoms with Gasteiger partial charge in [-0.1, -0.05) is 6.08 Å². The number of cyclic esters (lactones) is 1. The molecule has 1 aromatic carbocycles. The van der Waals surface area contributed by atoms with Crippen molar-refractivity contribution >= 4 is 11.8 Å². The molecule has 1 aliphatic rings. The van der Waals surface area contributed by atoms with Gasteiger partial charge in [-0.25, -0.2) is 4.79 Å². The number of carbonyl (C=O) groups excluding carboxylic acids is 2. The van der Waals surface area contributed by atoms with Gasteiger partial charge in [0.15, 0.2) is 5.78 Å². The minimum atomic E-state index is -1.64. The van der Waals surface area contributed by atoms with Gasteiger partial charge in [0, 0.05) is 12.5 Å². The van der Waals surface area contributed by atoms with Crippen LogP contribution in [0.25, 0.3) is 0 Å². The highest BCUT2D eigenvalue weighted by atomic mass is 16.5. The lowest BCUT2D eigenvalue weighted by molar-refractivity contribution is -0.130. The zero-order valence-electron chi connectivity index (χ0n) is 13.6. The van der Waals surface area contributed by atoms with Gasteiger partial charge in [0.05, 0.1) is 13.2 Å². The molecule has 0 spiro atoms. The first-order valence-electron chi connectivity index (χ1n) is 7.69. The third-order valence-electron chi connectivity index (χ3n) is 3.65. The first-order chi connectivity index (χ1) is 11.8. The minimum absolute atomic E-state index is 0.148. The molecule has 0 fully saturated rings. The molecule has 0 bridgehead atoms. The van der Waals surface area contributed by atoms with Crippen LogP contribution in [0.15, 0.2) is 24.3 Å². The SMILES string of the molecule is C[C@H]1C/C=C/C(=O)[C@H](O)[C@@H](O)COCc2cc(O)cc(O)c2C(=O)O1. The lowest BCUT2D eigenvalue weighted by Gasteiger charge is -2.18. The molecule has 0 saturated carbocycles. The summed E-state index contributed by atoms with van der Waals surface area (Å²) < 4.78 is 10.4. The van der Waals surface area contributed by atoms with E-state index < -0.39 is 35.8 Å². The van der Waals surface area contributed by atoms with Crippen LogP contribution in [0.4, 0.5) is 0 Å². The molecule has 2 rings (SSSR count). The summed E-state index contributed by atoms with van der Waals surface area (Å²) in [6, 6.07) is 2.23. The van der Waals surface area contributed by atoms with E-state index in [-0.39, 0.29) is 36.5 Å². The summed E-state index contributed by atoms with van der Waals surface area (Å²) in [4.78, 5) is 24.0. The molecule has 0 saturated heterocycles. The Balaban J connectivity index is 2.34. The number of ether oxygens (including phenoxy) is 2. The number of carbonyl (C=O) groups is 2. The molecule has 1 aliphatic heterocycles. The number of phenols is 2. The monoisotopic (exact) mass is 352 g/mol. The van der Waals surface area contributed by atoms with Gasteiger partial charge in [-0.3, -0.25) is 4.79 Å². The van der Waals surface area contributed by atoms with Crippen molar-refractivity contribution in [2.45, 2.75) is 38.3 Å². The van der Waals surface area contributed by atoms with E-state index in [1.54, 1.807) is 6.92 Å². The average molecular weight is 352 g/mol. The highest BCUT2D eigenvalue weighted by molar-refractivity contribution is 5.95. The second-order valence-electron chi connectivity index (χ2n) is 5.78. The number of aromatic hydroxyl groups is 2. The van der Waals surface area contributed by atoms with E-state index in [9.17, 15) is 30.0 Å². The van der Waals surface area contributed by atoms with E-state index in [4.69, 9.17) is 9.47 Å². The second kappa shape index (κ2) is 8.11. The van der Waals surface area contributed by atoms with Gasteiger partial charge in [-0.15, -0.1) is 0 Å². The molecule has 0 amide bonds. The fraction of sp³-hybridized carbons (Fsp3) is 0.412. The van der Waals surface area contributed by atoms with Gasteiger partial charge in [-0.2, -0.15) is 0 Å². The molecule has 1 heterocycles. The summed E-state index contributed by atoms with van der Waals surface area (Å²) in [5.74, 6) is -2.24. The molecular formula is C17H20O8. The number of phenolic OH excluding ortho intramolecular Hbond substituents is 2. The van der Waals surface area contributed by atoms with E-state index in [0.29, 0.717) is 0 Å². The maximum atomic E-state index is 12.3. The molecule has 0 aliphatic carbocycles. The summed E-state index contributed by atoms with van der Waals surface area (Å²) in [5.41, 5.74) is -0.00729. The number of fused-ring (bicyclic) bond motifs is 1. The van der Waals surface area contributed by atoms with Crippen molar-refractivity contribution in [1.29, 1.82) is 0 Å². The summed E-state index contributed by atoms with van der Waals surface area (Å²) in [5, 5.41) is 39.1. The Bertz CT molecular complexity index is 681. The van der Waals surface area contributed by atoms with Crippen molar-refractivity contribution in [2.24, 2.45) is 0 Å². The van der Waals surface area contributed by atoms with Gasteiger partial charge in [0.1, 0.15) is 35.4 Å². The highest BCUT2D eigenvalue weighted by Crippen LogP contribution is 2.29. The van der Waals surface area contributed by atoms with Crippen molar-refractivity contribution in [3.05, 3.63) is 35.4 Å². The molecule has 8 nitrogen and oxygen atoms in total. The summed E-state index contributed by atoms with van der Waals surface area (Å²) in [6.07, 6.45) is -0.991. The third-order valence-corrected chi connectivity index (χ3v) is 3.65. The number of hydrogen-bond acceptors (Lipinski definition) is 8. The van der Waals surface area contributed by atoms with Crippen LogP contribution in [0.5, 0.6) is 11.5 Å². The second-order valence-corrected chi connectivity index (χ2v) is 5.78. The van der Waals surface area contributed by atoms with Gasteiger partial charge >= 0.3 is 5.97 Å². The number of rotatable bonds is 0. The smallest absolute Gasteiger partial charge is 0.342 e. The molecule has 136 valence electrons. The van der Waals surface area contributed by atoms with Gasteiger partial charge in [-0.05, 0) is 24.6 Å². The Labute approximate surface area is 143 Å². The standard InChI is InChI=1S/C17H20O8/c1-9-3-2-4-12(19)16(22)14(21)8-24-7-10-5-11(18)6-13(20)15(10)17(23)25-9/h2,4-6,9,14,16,18,20-22H,3,7-8H2,1H3/b4-2+/t9-,14-,16-/m0/s1. The van der Waals surface area contributed by atoms with Crippen molar-refractivity contribution in [1.82, 2.24) is 0 Å². The summed E-state index contributed by atoms with van der Waals surface area (Å²) in [6.45, 7) is 0.953. The Morgan fingerprint density at radius 2 is 1.88 bits per heavy atom. The van der Waals surface area contributed by atoms with Crippen LogP contribution in [-0.4, -0.2) is 57.1 Å². The van der Waals surface area contributed by atoms with E-state index in [1.165, 1.54) is 12.1 Å². The number of esters is 1. The van der Waals surface area contributed by atoms with Crippen molar-refractivity contribution in [3.63, 3.8) is 0 Å². The number of aliphatic hydroxyl groups is 2. The zero-order valence-corrected chi connectivity index (χ0v) is 13.6. The Morgan fingerprint density at radius 1 is 1.16 bits per heavy atom. The topological polar surface area (TPSA) is 134 Å². The summed E-state index contributed by atoms with van der Waals surface area (Å²) >= 11 is 0. The Hall–Kier alpha value is -2.42. The molecule has 0 radical (unpaired) electrons. The molecule has 1 aromatic rings. The first kappa shape index (κ1) is 18.9. The Morgan fingerprint density at radius 3 is 2.60 bits per heavy atom. The molecule has 4 N–H and O–H groups in total. The fourth-order valence-electron chi connectivity index (χ4n) is 2.35. The predicted molar refractivity (Wildman–Crippen MR) is 85.1 cm³/mol. The minimum Gasteiger partial charge on any atom is -0.508 e. The molecular weight excluding hydrogens is 332 g/mol. The average Bonchev–Trinajstić information content (AvgIpc) is 2.52. The van der Waals surface area contributed by atoms with Crippen LogP contribution in [0.2, 0.25) is 0 Å². The normalized spacial score (nSPS) is 27.1. The number of aliphatic hydroxyl groups excluding tert-OH is 2. The highest BCUT2D eigenvalue weighted by Gasteiger charge is 2.25. The molecule has 8 heteroatoms. The van der Waals surface area contributed by atoms with Gasteiger partial charge in [0.2, 0.25) is 0 Å². The number of ketones is 1. The van der Waals surface area contributed by atoms with E-state index >= 15 is 0 Å². The molecule has 3 atom stereocenters. The van der Waals surface area contributed by atoms with Crippen LogP contribution < -0.4 is 0 Å². The van der Waals surface area contributed by atoms with E-state index in [1.807, 2.05) is 0 Å².